The van der Waals surface area contributed by atoms with Crippen molar-refractivity contribution in [1.29, 1.82) is 0 Å². The number of aromatic nitrogens is 4. The molecule has 3 aromatic rings. The van der Waals surface area contributed by atoms with Gasteiger partial charge in [-0.2, -0.15) is 15.2 Å². The van der Waals surface area contributed by atoms with Crippen LogP contribution in [-0.4, -0.2) is 26.4 Å². The van der Waals surface area contributed by atoms with Crippen LogP contribution in [0.15, 0.2) is 40.4 Å². The Balaban J connectivity index is 1.84. The number of hydrazone groups is 1. The zero-order valence-corrected chi connectivity index (χ0v) is 10.8. The van der Waals surface area contributed by atoms with Crippen molar-refractivity contribution in [1.82, 2.24) is 20.2 Å². The van der Waals surface area contributed by atoms with Gasteiger partial charge in [0.2, 0.25) is 0 Å². The molecule has 0 spiro atoms. The van der Waals surface area contributed by atoms with E-state index < -0.39 is 5.69 Å². The molecule has 0 unspecified atom stereocenters. The minimum Gasteiger partial charge on any atom is -0.290 e. The number of aromatic amines is 2. The lowest BCUT2D eigenvalue weighted by molar-refractivity contribution is 1.06. The van der Waals surface area contributed by atoms with Crippen molar-refractivity contribution < 1.29 is 0 Å². The van der Waals surface area contributed by atoms with Crippen molar-refractivity contribution in [3.05, 3.63) is 51.5 Å². The van der Waals surface area contributed by atoms with E-state index in [9.17, 15) is 4.79 Å². The van der Waals surface area contributed by atoms with E-state index in [1.165, 1.54) is 0 Å². The third kappa shape index (κ3) is 2.52. The number of H-pyrrole nitrogens is 2. The summed E-state index contributed by atoms with van der Waals surface area (Å²) in [5, 5.41) is 11.8. The summed E-state index contributed by atoms with van der Waals surface area (Å²) in [6, 6.07) is 7.20. The number of rotatable bonds is 3. The molecule has 2 heterocycles. The second-order valence-corrected chi connectivity index (χ2v) is 4.41. The first-order chi connectivity index (χ1) is 9.72. The summed E-state index contributed by atoms with van der Waals surface area (Å²) in [4.78, 5) is 17.6. The first-order valence-corrected chi connectivity index (χ1v) is 6.08. The summed E-state index contributed by atoms with van der Waals surface area (Å²) in [5.41, 5.74) is 3.56. The minimum atomic E-state index is -0.481. The predicted molar refractivity (Wildman–Crippen MR) is 77.2 cm³/mol. The van der Waals surface area contributed by atoms with Gasteiger partial charge in [-0.25, -0.2) is 4.79 Å². The van der Waals surface area contributed by atoms with Crippen molar-refractivity contribution in [2.75, 3.05) is 5.43 Å². The van der Waals surface area contributed by atoms with Crippen molar-refractivity contribution in [3.63, 3.8) is 0 Å². The predicted octanol–water partition coefficient (Wildman–Crippen LogP) is 1.75. The first kappa shape index (κ1) is 12.4. The molecule has 0 aliphatic rings. The third-order valence-corrected chi connectivity index (χ3v) is 2.85. The molecule has 0 aliphatic heterocycles. The molecule has 1 aromatic carbocycles. The SMILES string of the molecule is O=c1nc2[nH]ncc2c(N/N=C/c2ccc(Cl)cc2)[nH]1. The fourth-order valence-electron chi connectivity index (χ4n) is 1.66. The topological polar surface area (TPSA) is 98.8 Å². The molecule has 0 saturated heterocycles. The molecule has 0 fully saturated rings. The zero-order valence-electron chi connectivity index (χ0n) is 10.1. The van der Waals surface area contributed by atoms with Gasteiger partial charge in [0.25, 0.3) is 0 Å². The van der Waals surface area contributed by atoms with E-state index >= 15 is 0 Å². The third-order valence-electron chi connectivity index (χ3n) is 2.59. The minimum absolute atomic E-state index is 0.401. The van der Waals surface area contributed by atoms with Gasteiger partial charge in [0.1, 0.15) is 5.82 Å². The Hall–Kier alpha value is -2.67. The van der Waals surface area contributed by atoms with Gasteiger partial charge < -0.3 is 0 Å². The van der Waals surface area contributed by atoms with E-state index in [4.69, 9.17) is 11.6 Å². The number of benzene rings is 1. The lowest BCUT2D eigenvalue weighted by Crippen LogP contribution is -2.12. The number of hydrogen-bond donors (Lipinski definition) is 3. The number of anilines is 1. The van der Waals surface area contributed by atoms with Crippen molar-refractivity contribution in [3.8, 4) is 0 Å². The highest BCUT2D eigenvalue weighted by Crippen LogP contribution is 2.14. The highest BCUT2D eigenvalue weighted by molar-refractivity contribution is 6.30. The molecule has 2 aromatic heterocycles. The average Bonchev–Trinajstić information content (AvgIpc) is 2.89. The molecule has 8 heteroatoms. The molecular formula is C12H9ClN6O. The monoisotopic (exact) mass is 288 g/mol. The maximum Gasteiger partial charge on any atom is 0.348 e. The maximum atomic E-state index is 11.4. The smallest absolute Gasteiger partial charge is 0.290 e. The Labute approximate surface area is 117 Å². The van der Waals surface area contributed by atoms with Crippen molar-refractivity contribution in [2.24, 2.45) is 5.10 Å². The molecule has 0 saturated carbocycles. The van der Waals surface area contributed by atoms with E-state index in [1.807, 2.05) is 12.1 Å². The highest BCUT2D eigenvalue weighted by atomic mass is 35.5. The van der Waals surface area contributed by atoms with E-state index in [1.54, 1.807) is 24.5 Å². The van der Waals surface area contributed by atoms with Crippen molar-refractivity contribution in [2.45, 2.75) is 0 Å². The largest absolute Gasteiger partial charge is 0.348 e. The molecule has 0 atom stereocenters. The van der Waals surface area contributed by atoms with Crippen LogP contribution in [0.5, 0.6) is 0 Å². The van der Waals surface area contributed by atoms with Crippen LogP contribution in [0.2, 0.25) is 5.02 Å². The van der Waals surface area contributed by atoms with Crippen LogP contribution in [0.25, 0.3) is 11.0 Å². The molecule has 3 N–H and O–H groups in total. The van der Waals surface area contributed by atoms with Gasteiger partial charge in [-0.05, 0) is 17.7 Å². The molecular weight excluding hydrogens is 280 g/mol. The van der Waals surface area contributed by atoms with Gasteiger partial charge in [-0.15, -0.1) is 0 Å². The summed E-state index contributed by atoms with van der Waals surface area (Å²) in [6.07, 6.45) is 3.17. The molecule has 0 radical (unpaired) electrons. The second-order valence-electron chi connectivity index (χ2n) is 3.97. The summed E-state index contributed by atoms with van der Waals surface area (Å²) in [6.45, 7) is 0. The van der Waals surface area contributed by atoms with Gasteiger partial charge in [-0.1, -0.05) is 23.7 Å². The molecule has 3 rings (SSSR count). The summed E-state index contributed by atoms with van der Waals surface area (Å²) in [7, 11) is 0. The van der Waals surface area contributed by atoms with Crippen LogP contribution in [0, 0.1) is 0 Å². The van der Waals surface area contributed by atoms with Gasteiger partial charge >= 0.3 is 5.69 Å². The number of fused-ring (bicyclic) bond motifs is 1. The molecule has 0 amide bonds. The quantitative estimate of drug-likeness (QED) is 0.505. The normalized spacial score (nSPS) is 11.2. The summed E-state index contributed by atoms with van der Waals surface area (Å²) >= 11 is 5.79. The van der Waals surface area contributed by atoms with Crippen LogP contribution in [0.1, 0.15) is 5.56 Å². The van der Waals surface area contributed by atoms with Crippen LogP contribution in [-0.2, 0) is 0 Å². The van der Waals surface area contributed by atoms with E-state index in [-0.39, 0.29) is 0 Å². The van der Waals surface area contributed by atoms with Gasteiger partial charge in [-0.3, -0.25) is 15.5 Å². The Morgan fingerprint density at radius 1 is 1.30 bits per heavy atom. The van der Waals surface area contributed by atoms with Gasteiger partial charge in [0.15, 0.2) is 5.65 Å². The molecule has 0 bridgehead atoms. The second kappa shape index (κ2) is 5.14. The van der Waals surface area contributed by atoms with Crippen LogP contribution in [0.4, 0.5) is 5.82 Å². The van der Waals surface area contributed by atoms with Crippen LogP contribution >= 0.6 is 11.6 Å². The Morgan fingerprint density at radius 3 is 2.90 bits per heavy atom. The summed E-state index contributed by atoms with van der Waals surface area (Å²) < 4.78 is 0. The average molecular weight is 289 g/mol. The first-order valence-electron chi connectivity index (χ1n) is 5.70. The number of nitrogens with one attached hydrogen (secondary N) is 3. The standard InChI is InChI=1S/C12H9ClN6O/c13-8-3-1-7(2-4-8)5-14-18-10-9-6-15-19-11(9)17-12(20)16-10/h1-6H,(H3,15,16,17,18,19,20)/b14-5+. The molecule has 20 heavy (non-hydrogen) atoms. The highest BCUT2D eigenvalue weighted by Gasteiger charge is 2.05. The van der Waals surface area contributed by atoms with E-state index in [0.29, 0.717) is 21.9 Å². The van der Waals surface area contributed by atoms with E-state index in [0.717, 1.165) is 5.56 Å². The number of nitrogens with zero attached hydrogens (tertiary/aromatic N) is 3. The lowest BCUT2D eigenvalue weighted by Gasteiger charge is -2.00. The molecule has 100 valence electrons. The fraction of sp³-hybridized carbons (Fsp3) is 0. The van der Waals surface area contributed by atoms with Crippen LogP contribution < -0.4 is 11.1 Å². The van der Waals surface area contributed by atoms with E-state index in [2.05, 4.69) is 30.7 Å². The number of hydrogen-bond acceptors (Lipinski definition) is 5. The molecule has 0 aliphatic carbocycles. The number of halogens is 1. The fourth-order valence-corrected chi connectivity index (χ4v) is 1.79. The zero-order chi connectivity index (χ0) is 13.9. The molecule has 7 nitrogen and oxygen atoms in total. The van der Waals surface area contributed by atoms with Crippen molar-refractivity contribution >= 4 is 34.7 Å². The van der Waals surface area contributed by atoms with Gasteiger partial charge in [0, 0.05) is 5.02 Å². The summed E-state index contributed by atoms with van der Waals surface area (Å²) in [5.74, 6) is 0.430. The Bertz CT molecular complexity index is 820. The Kier molecular flexibility index (Phi) is 3.18. The maximum absolute atomic E-state index is 11.4. The van der Waals surface area contributed by atoms with Crippen LogP contribution in [0.3, 0.4) is 0 Å². The lowest BCUT2D eigenvalue weighted by atomic mass is 10.2. The van der Waals surface area contributed by atoms with Gasteiger partial charge in [0.05, 0.1) is 17.8 Å². The Morgan fingerprint density at radius 2 is 2.10 bits per heavy atom.